The summed E-state index contributed by atoms with van der Waals surface area (Å²) in [5, 5.41) is 6.34. The van der Waals surface area contributed by atoms with Gasteiger partial charge in [-0.1, -0.05) is 5.21 Å². The van der Waals surface area contributed by atoms with Crippen molar-refractivity contribution in [1.82, 2.24) is 15.0 Å². The van der Waals surface area contributed by atoms with E-state index in [2.05, 4.69) is 10.3 Å². The first kappa shape index (κ1) is 11.1. The molecule has 0 spiro atoms. The number of aromatic nitrogens is 3. The molecule has 0 unspecified atom stereocenters. The summed E-state index contributed by atoms with van der Waals surface area (Å²) in [6, 6.07) is 0. The second-order valence-corrected chi connectivity index (χ2v) is 3.57. The van der Waals surface area contributed by atoms with Crippen LogP contribution in [0.2, 0.25) is 0 Å². The van der Waals surface area contributed by atoms with E-state index in [0.717, 1.165) is 11.1 Å². The lowest BCUT2D eigenvalue weighted by Crippen LogP contribution is -2.17. The molecule has 14 heavy (non-hydrogen) atoms. The molecule has 0 bridgehead atoms. The molecule has 0 atom stereocenters. The van der Waals surface area contributed by atoms with Crippen LogP contribution in [-0.2, 0) is 6.30 Å². The van der Waals surface area contributed by atoms with E-state index >= 15 is 0 Å². The lowest BCUT2D eigenvalue weighted by atomic mass is 10.4. The fourth-order valence-electron chi connectivity index (χ4n) is 0.734. The van der Waals surface area contributed by atoms with E-state index in [1.165, 1.54) is 11.8 Å². The number of hydrogen-bond acceptors (Lipinski definition) is 3. The third kappa shape index (κ3) is 2.76. The minimum atomic E-state index is -4.49. The Balaban J connectivity index is 2.89. The minimum absolute atomic E-state index is 0.119. The van der Waals surface area contributed by atoms with Crippen molar-refractivity contribution < 1.29 is 13.2 Å². The summed E-state index contributed by atoms with van der Waals surface area (Å²) < 4.78 is 36.0. The summed E-state index contributed by atoms with van der Waals surface area (Å²) in [5.74, 6) is 0. The maximum atomic E-state index is 12.1. The SMILES string of the molecule is CS/C(C)=C\c1cn(C(F)(F)F)nn1. The van der Waals surface area contributed by atoms with Gasteiger partial charge in [-0.3, -0.25) is 0 Å². The predicted molar refractivity (Wildman–Crippen MR) is 48.5 cm³/mol. The molecular formula is C7H8F3N3S. The van der Waals surface area contributed by atoms with Gasteiger partial charge in [-0.2, -0.15) is 4.68 Å². The van der Waals surface area contributed by atoms with Crippen molar-refractivity contribution in [2.75, 3.05) is 6.26 Å². The average Bonchev–Trinajstić information content (AvgIpc) is 2.51. The molecule has 0 aliphatic carbocycles. The quantitative estimate of drug-likeness (QED) is 0.771. The van der Waals surface area contributed by atoms with Crippen LogP contribution < -0.4 is 0 Å². The topological polar surface area (TPSA) is 30.7 Å². The van der Waals surface area contributed by atoms with E-state index in [1.54, 1.807) is 13.0 Å². The first-order valence-corrected chi connectivity index (χ1v) is 4.88. The van der Waals surface area contributed by atoms with Gasteiger partial charge in [-0.05, 0) is 24.2 Å². The highest BCUT2D eigenvalue weighted by atomic mass is 32.2. The van der Waals surface area contributed by atoms with E-state index in [1.807, 2.05) is 6.26 Å². The normalized spacial score (nSPS) is 13.4. The minimum Gasteiger partial charge on any atom is -0.158 e. The number of halogens is 3. The molecule has 0 radical (unpaired) electrons. The molecule has 7 heteroatoms. The summed E-state index contributed by atoms with van der Waals surface area (Å²) in [5.41, 5.74) is 0.203. The van der Waals surface area contributed by atoms with Gasteiger partial charge in [0.2, 0.25) is 0 Å². The summed E-state index contributed by atoms with van der Waals surface area (Å²) in [4.78, 5) is 0.874. The van der Waals surface area contributed by atoms with E-state index in [4.69, 9.17) is 0 Å². The van der Waals surface area contributed by atoms with Crippen LogP contribution in [0.1, 0.15) is 12.6 Å². The second kappa shape index (κ2) is 4.04. The van der Waals surface area contributed by atoms with Gasteiger partial charge in [0, 0.05) is 0 Å². The average molecular weight is 223 g/mol. The molecule has 1 heterocycles. The molecule has 0 saturated carbocycles. The Hall–Kier alpha value is -0.980. The number of hydrogen-bond donors (Lipinski definition) is 0. The Kier molecular flexibility index (Phi) is 3.20. The Bertz CT molecular complexity index is 342. The van der Waals surface area contributed by atoms with Crippen molar-refractivity contribution in [3.05, 3.63) is 16.8 Å². The van der Waals surface area contributed by atoms with E-state index < -0.39 is 6.30 Å². The van der Waals surface area contributed by atoms with Crippen LogP contribution in [0.15, 0.2) is 11.1 Å². The third-order valence-electron chi connectivity index (χ3n) is 1.44. The van der Waals surface area contributed by atoms with Gasteiger partial charge in [-0.25, -0.2) is 0 Å². The molecule has 1 aromatic heterocycles. The molecule has 1 rings (SSSR count). The Morgan fingerprint density at radius 3 is 2.64 bits per heavy atom. The van der Waals surface area contributed by atoms with Crippen LogP contribution in [0.3, 0.4) is 0 Å². The number of alkyl halides is 3. The smallest absolute Gasteiger partial charge is 0.158 e. The van der Waals surface area contributed by atoms with Gasteiger partial charge < -0.3 is 0 Å². The van der Waals surface area contributed by atoms with Crippen molar-refractivity contribution in [1.29, 1.82) is 0 Å². The molecule has 3 nitrogen and oxygen atoms in total. The first-order chi connectivity index (χ1) is 6.43. The Labute approximate surface area is 83.0 Å². The fraction of sp³-hybridized carbons (Fsp3) is 0.429. The van der Waals surface area contributed by atoms with Crippen molar-refractivity contribution in [3.63, 3.8) is 0 Å². The fourth-order valence-corrected chi connectivity index (χ4v) is 0.973. The van der Waals surface area contributed by atoms with E-state index in [-0.39, 0.29) is 10.4 Å². The summed E-state index contributed by atoms with van der Waals surface area (Å²) >= 11 is 1.44. The van der Waals surface area contributed by atoms with Gasteiger partial charge in [0.25, 0.3) is 0 Å². The largest absolute Gasteiger partial charge is 0.505 e. The summed E-state index contributed by atoms with van der Waals surface area (Å²) in [7, 11) is 0. The molecule has 0 N–H and O–H groups in total. The highest BCUT2D eigenvalue weighted by Crippen LogP contribution is 2.21. The number of nitrogens with zero attached hydrogens (tertiary/aromatic N) is 3. The van der Waals surface area contributed by atoms with Crippen LogP contribution in [0.25, 0.3) is 6.08 Å². The monoisotopic (exact) mass is 223 g/mol. The molecular weight excluding hydrogens is 215 g/mol. The molecule has 0 saturated heterocycles. The van der Waals surface area contributed by atoms with Crippen molar-refractivity contribution >= 4 is 17.8 Å². The second-order valence-electron chi connectivity index (χ2n) is 2.51. The van der Waals surface area contributed by atoms with Crippen molar-refractivity contribution in [2.24, 2.45) is 0 Å². The molecule has 0 fully saturated rings. The van der Waals surface area contributed by atoms with Gasteiger partial charge in [0.15, 0.2) is 0 Å². The zero-order chi connectivity index (χ0) is 10.8. The van der Waals surface area contributed by atoms with Gasteiger partial charge in [-0.15, -0.1) is 30.0 Å². The van der Waals surface area contributed by atoms with Crippen LogP contribution in [0.5, 0.6) is 0 Å². The van der Waals surface area contributed by atoms with E-state index in [0.29, 0.717) is 0 Å². The van der Waals surface area contributed by atoms with E-state index in [9.17, 15) is 13.2 Å². The number of allylic oxidation sites excluding steroid dienone is 1. The molecule has 0 aromatic carbocycles. The molecule has 78 valence electrons. The highest BCUT2D eigenvalue weighted by molar-refractivity contribution is 8.02. The van der Waals surface area contributed by atoms with Crippen LogP contribution in [0, 0.1) is 0 Å². The standard InChI is InChI=1S/C7H8F3N3S/c1-5(14-2)3-6-4-13(12-11-6)7(8,9)10/h3-4H,1-2H3/b5-3-. The molecule has 1 aromatic rings. The van der Waals surface area contributed by atoms with Crippen LogP contribution in [0.4, 0.5) is 13.2 Å². The predicted octanol–water partition coefficient (Wildman–Crippen LogP) is 2.48. The zero-order valence-electron chi connectivity index (χ0n) is 7.54. The summed E-state index contributed by atoms with van der Waals surface area (Å²) in [6.45, 7) is 1.79. The highest BCUT2D eigenvalue weighted by Gasteiger charge is 2.32. The Morgan fingerprint density at radius 2 is 2.21 bits per heavy atom. The van der Waals surface area contributed by atoms with Crippen molar-refractivity contribution in [3.8, 4) is 0 Å². The maximum absolute atomic E-state index is 12.1. The summed E-state index contributed by atoms with van der Waals surface area (Å²) in [6.07, 6.45) is -0.272. The van der Waals surface area contributed by atoms with Gasteiger partial charge in [0.1, 0.15) is 5.69 Å². The Morgan fingerprint density at radius 1 is 1.57 bits per heavy atom. The van der Waals surface area contributed by atoms with Crippen molar-refractivity contribution in [2.45, 2.75) is 13.2 Å². The lowest BCUT2D eigenvalue weighted by Gasteiger charge is -2.02. The van der Waals surface area contributed by atoms with Gasteiger partial charge in [0.05, 0.1) is 6.20 Å². The number of thioether (sulfide) groups is 1. The molecule has 0 aliphatic heterocycles. The number of rotatable bonds is 2. The molecule has 0 amide bonds. The maximum Gasteiger partial charge on any atom is 0.505 e. The lowest BCUT2D eigenvalue weighted by molar-refractivity contribution is -0.213. The van der Waals surface area contributed by atoms with Gasteiger partial charge >= 0.3 is 6.30 Å². The zero-order valence-corrected chi connectivity index (χ0v) is 8.35. The first-order valence-electron chi connectivity index (χ1n) is 3.65. The van der Waals surface area contributed by atoms with Crippen LogP contribution in [-0.4, -0.2) is 21.2 Å². The molecule has 0 aliphatic rings. The third-order valence-corrected chi connectivity index (χ3v) is 2.21. The van der Waals surface area contributed by atoms with Crippen LogP contribution >= 0.6 is 11.8 Å².